The van der Waals surface area contributed by atoms with Crippen molar-refractivity contribution in [2.75, 3.05) is 52.2 Å². The van der Waals surface area contributed by atoms with Gasteiger partial charge < -0.3 is 24.4 Å². The lowest BCUT2D eigenvalue weighted by atomic mass is 9.94. The highest BCUT2D eigenvalue weighted by molar-refractivity contribution is 6.31. The Morgan fingerprint density at radius 1 is 1.26 bits per heavy atom. The second kappa shape index (κ2) is 9.35. The van der Waals surface area contributed by atoms with E-state index in [4.69, 9.17) is 29.9 Å². The number of ether oxygens (including phenoxy) is 3. The van der Waals surface area contributed by atoms with E-state index in [9.17, 15) is 9.18 Å². The summed E-state index contributed by atoms with van der Waals surface area (Å²) in [5.41, 5.74) is 0.501. The highest BCUT2D eigenvalue weighted by Crippen LogP contribution is 2.35. The number of hydrogen-bond acceptors (Lipinski definition) is 8. The molecular weight excluding hydrogens is 477 g/mol. The predicted octanol–water partition coefficient (Wildman–Crippen LogP) is 4.08. The third kappa shape index (κ3) is 4.76. The first-order valence-corrected chi connectivity index (χ1v) is 11.4. The first kappa shape index (κ1) is 19.9. The fourth-order valence-corrected chi connectivity index (χ4v) is 4.60. The zero-order valence-corrected chi connectivity index (χ0v) is 19.6. The Labute approximate surface area is 211 Å². The number of methoxy groups -OCH3 is 1. The zero-order valence-electron chi connectivity index (χ0n) is 21.9. The zero-order chi connectivity index (χ0) is 27.1. The minimum absolute atomic E-state index is 0.0239. The summed E-state index contributed by atoms with van der Waals surface area (Å²) in [6.07, 6.45) is 1.66. The first-order valence-electron chi connectivity index (χ1n) is 12.5. The lowest BCUT2D eigenvalue weighted by molar-refractivity contribution is -0.0742. The molecule has 11 heteroatoms. The van der Waals surface area contributed by atoms with Gasteiger partial charge in [-0.25, -0.2) is 19.2 Å². The molecule has 35 heavy (non-hydrogen) atoms. The largest absolute Gasteiger partial charge is 0.493 e. The molecule has 3 heterocycles. The van der Waals surface area contributed by atoms with E-state index >= 15 is 0 Å². The van der Waals surface area contributed by atoms with Gasteiger partial charge in [0.2, 0.25) is 0 Å². The molecule has 9 nitrogen and oxygen atoms in total. The van der Waals surface area contributed by atoms with Crippen molar-refractivity contribution in [2.24, 2.45) is 0 Å². The van der Waals surface area contributed by atoms with Crippen LogP contribution in [0.5, 0.6) is 11.5 Å². The van der Waals surface area contributed by atoms with E-state index in [0.29, 0.717) is 55.0 Å². The molecule has 2 fully saturated rings. The number of amides is 1. The van der Waals surface area contributed by atoms with Crippen LogP contribution in [0, 0.1) is 5.82 Å². The van der Waals surface area contributed by atoms with Crippen molar-refractivity contribution >= 4 is 40.1 Å². The van der Waals surface area contributed by atoms with Crippen molar-refractivity contribution in [3.05, 3.63) is 47.5 Å². The summed E-state index contributed by atoms with van der Waals surface area (Å²) in [4.78, 5) is 23.9. The number of nitrogens with zero attached hydrogens (tertiary/aromatic N) is 4. The van der Waals surface area contributed by atoms with Crippen LogP contribution >= 0.6 is 11.6 Å². The summed E-state index contributed by atoms with van der Waals surface area (Å²) in [5, 5.41) is 3.58. The number of aromatic nitrogens is 2. The second-order valence-electron chi connectivity index (χ2n) is 8.71. The van der Waals surface area contributed by atoms with Crippen LogP contribution in [0.2, 0.25) is 5.02 Å². The number of benzene rings is 2. The number of hydrogen-bond donors (Lipinski definition) is 1. The van der Waals surface area contributed by atoms with Crippen molar-refractivity contribution < 1.29 is 27.5 Å². The molecule has 1 amide bonds. The molecule has 2 aliphatic rings. The van der Waals surface area contributed by atoms with E-state index in [0.717, 1.165) is 0 Å². The van der Waals surface area contributed by atoms with Crippen molar-refractivity contribution in [3.63, 3.8) is 0 Å². The van der Waals surface area contributed by atoms with E-state index in [2.05, 4.69) is 20.2 Å². The number of rotatable bonds is 8. The Hall–Kier alpha value is -3.37. The minimum Gasteiger partial charge on any atom is -0.493 e. The van der Waals surface area contributed by atoms with Gasteiger partial charge in [-0.15, -0.1) is 0 Å². The number of halogens is 2. The van der Waals surface area contributed by atoms with E-state index in [1.54, 1.807) is 18.0 Å². The Morgan fingerprint density at radius 2 is 2.11 bits per heavy atom. The van der Waals surface area contributed by atoms with Gasteiger partial charge in [-0.3, -0.25) is 4.90 Å². The van der Waals surface area contributed by atoms with Gasteiger partial charge >= 0.3 is 6.09 Å². The number of anilines is 2. The third-order valence-electron chi connectivity index (χ3n) is 6.03. The fraction of sp³-hybridized carbons (Fsp3) is 0.375. The molecule has 184 valence electrons. The van der Waals surface area contributed by atoms with Gasteiger partial charge in [0, 0.05) is 43.8 Å². The Kier molecular flexibility index (Phi) is 5.31. The average Bonchev–Trinajstić information content (AvgIpc) is 3.12. The number of carbonyl (C=O) groups excluding carboxylic acids is 1. The summed E-state index contributed by atoms with van der Waals surface area (Å²) in [5.74, 6) is 0.0904. The predicted molar refractivity (Wildman–Crippen MR) is 129 cm³/mol. The van der Waals surface area contributed by atoms with E-state index < -0.39 is 18.5 Å². The molecule has 0 unspecified atom stereocenters. The molecule has 1 spiro atoms. The lowest BCUT2D eigenvalue weighted by Crippen LogP contribution is -2.63. The number of likely N-dealkylation sites (N-methyl/N-ethyl adjacent to an activating group) is 1. The number of fused-ring (bicyclic) bond motifs is 1. The summed E-state index contributed by atoms with van der Waals surface area (Å²) in [6.45, 7) is 2.90. The van der Waals surface area contributed by atoms with Gasteiger partial charge in [-0.2, -0.15) is 0 Å². The van der Waals surface area contributed by atoms with Crippen LogP contribution in [0.15, 0.2) is 36.7 Å². The molecule has 2 saturated heterocycles. The summed E-state index contributed by atoms with van der Waals surface area (Å²) in [6, 6.07) is 7.27. The Morgan fingerprint density at radius 3 is 2.86 bits per heavy atom. The maximum absolute atomic E-state index is 13.6. The Bertz CT molecular complexity index is 1370. The highest BCUT2D eigenvalue weighted by atomic mass is 35.5. The molecule has 2 aromatic carbocycles. The number of nitrogens with one attached hydrogen (secondary N) is 1. The fourth-order valence-electron chi connectivity index (χ4n) is 4.42. The molecule has 1 N–H and O–H groups in total. The van der Waals surface area contributed by atoms with Gasteiger partial charge in [0.15, 0.2) is 17.1 Å². The van der Waals surface area contributed by atoms with Gasteiger partial charge in [0.05, 0.1) is 34.8 Å². The molecule has 5 rings (SSSR count). The monoisotopic (exact) mass is 504 g/mol. The lowest BCUT2D eigenvalue weighted by Gasteiger charge is -2.45. The van der Waals surface area contributed by atoms with Crippen molar-refractivity contribution in [1.29, 1.82) is 0 Å². The molecule has 0 radical (unpaired) electrons. The van der Waals surface area contributed by atoms with Crippen LogP contribution in [0.1, 0.15) is 10.5 Å². The van der Waals surface area contributed by atoms with Crippen LogP contribution in [0.3, 0.4) is 0 Å². The molecule has 1 aromatic heterocycles. The summed E-state index contributed by atoms with van der Waals surface area (Å²) < 4.78 is 52.8. The van der Waals surface area contributed by atoms with Crippen LogP contribution in [-0.2, 0) is 4.74 Å². The SMILES string of the molecule is [2H]C([2H])([2H])Oc1cc2ncnc(Nc3ccc(F)c(Cl)c3)c2cc1OCCCN1CC2(C1)CN(C)C(=O)O2. The van der Waals surface area contributed by atoms with Crippen LogP contribution in [-0.4, -0.2) is 78.3 Å². The Balaban J connectivity index is 1.29. The standard InChI is InChI=1S/C24H25ClFN5O4/c1-30-11-24(35-23(30)32)12-31(13-24)6-3-7-34-21-9-16-19(10-20(21)33-2)27-14-28-22(16)29-15-4-5-18(26)17(25)8-15/h4-5,8-10,14H,3,6-7,11-13H2,1-2H3,(H,27,28,29)/i2D3. The second-order valence-corrected chi connectivity index (χ2v) is 9.12. The summed E-state index contributed by atoms with van der Waals surface area (Å²) >= 11 is 5.90. The maximum Gasteiger partial charge on any atom is 0.410 e. The van der Waals surface area contributed by atoms with Gasteiger partial charge in [-0.05, 0) is 30.7 Å². The van der Waals surface area contributed by atoms with E-state index in [1.165, 1.54) is 30.6 Å². The molecule has 0 bridgehead atoms. The topological polar surface area (TPSA) is 89.1 Å². The third-order valence-corrected chi connectivity index (χ3v) is 6.32. The molecule has 3 aromatic rings. The smallest absolute Gasteiger partial charge is 0.410 e. The number of likely N-dealkylation sites (tertiary alicyclic amines) is 1. The van der Waals surface area contributed by atoms with Crippen molar-refractivity contribution in [3.8, 4) is 11.5 Å². The van der Waals surface area contributed by atoms with Crippen LogP contribution in [0.25, 0.3) is 10.9 Å². The molecule has 0 atom stereocenters. The van der Waals surface area contributed by atoms with Gasteiger partial charge in [0.25, 0.3) is 0 Å². The first-order chi connectivity index (χ1) is 18.0. The number of carbonyl (C=O) groups is 1. The molecular formula is C24H25ClFN5O4. The van der Waals surface area contributed by atoms with Gasteiger partial charge in [-0.1, -0.05) is 11.6 Å². The molecule has 0 aliphatic carbocycles. The van der Waals surface area contributed by atoms with E-state index in [-0.39, 0.29) is 29.2 Å². The minimum atomic E-state index is -2.69. The van der Waals surface area contributed by atoms with Crippen LogP contribution < -0.4 is 14.8 Å². The quantitative estimate of drug-likeness (QED) is 0.459. The molecule has 2 aliphatic heterocycles. The van der Waals surface area contributed by atoms with Crippen LogP contribution in [0.4, 0.5) is 20.7 Å². The van der Waals surface area contributed by atoms with Crippen molar-refractivity contribution in [2.45, 2.75) is 12.0 Å². The molecule has 0 saturated carbocycles. The van der Waals surface area contributed by atoms with E-state index in [1.807, 2.05) is 0 Å². The summed E-state index contributed by atoms with van der Waals surface area (Å²) in [7, 11) is -0.973. The van der Waals surface area contributed by atoms with Gasteiger partial charge in [0.1, 0.15) is 18.0 Å². The van der Waals surface area contributed by atoms with Crippen molar-refractivity contribution in [1.82, 2.24) is 19.8 Å². The maximum atomic E-state index is 13.6. The highest BCUT2D eigenvalue weighted by Gasteiger charge is 2.52. The average molecular weight is 505 g/mol. The normalized spacial score (nSPS) is 18.5.